The summed E-state index contributed by atoms with van der Waals surface area (Å²) < 4.78 is 11.2. The van der Waals surface area contributed by atoms with Crippen molar-refractivity contribution in [1.82, 2.24) is 4.90 Å². The predicted molar refractivity (Wildman–Crippen MR) is 88.0 cm³/mol. The van der Waals surface area contributed by atoms with Gasteiger partial charge in [0.15, 0.2) is 0 Å². The van der Waals surface area contributed by atoms with Crippen molar-refractivity contribution in [2.24, 2.45) is 0 Å². The number of hydrogen-bond donors (Lipinski definition) is 5. The molecule has 0 radical (unpaired) electrons. The van der Waals surface area contributed by atoms with Crippen LogP contribution in [0.25, 0.3) is 0 Å². The number of rotatable bonds is 7. The van der Waals surface area contributed by atoms with Crippen LogP contribution in [0.15, 0.2) is 18.2 Å². The molecule has 0 aromatic heterocycles. The first-order valence-electron chi connectivity index (χ1n) is 6.64. The van der Waals surface area contributed by atoms with Crippen molar-refractivity contribution in [3.8, 4) is 5.75 Å². The number of aromatic hydroxyl groups is 1. The molecule has 0 heterocycles. The molecule has 0 fully saturated rings. The summed E-state index contributed by atoms with van der Waals surface area (Å²) in [6.07, 6.45) is 2.22. The minimum atomic E-state index is -4.38. The van der Waals surface area contributed by atoms with E-state index in [2.05, 4.69) is 6.30 Å². The SMILES string of the molecule is C=P(O)(O)CN(Cc1cc(C(C)C)ccc1O)CP(=O)(O)O. The summed E-state index contributed by atoms with van der Waals surface area (Å²) in [5.74, 6) is 0.216. The third kappa shape index (κ3) is 7.07. The van der Waals surface area contributed by atoms with E-state index in [-0.39, 0.29) is 24.5 Å². The summed E-state index contributed by atoms with van der Waals surface area (Å²) in [5.41, 5.74) is 1.43. The van der Waals surface area contributed by atoms with Crippen LogP contribution in [0.5, 0.6) is 5.75 Å². The van der Waals surface area contributed by atoms with Gasteiger partial charge in [0.05, 0.1) is 6.29 Å². The first-order valence-corrected chi connectivity index (χ1v) is 10.5. The molecule has 0 aliphatic rings. The van der Waals surface area contributed by atoms with Gasteiger partial charge in [-0.05, 0) is 17.5 Å². The lowest BCUT2D eigenvalue weighted by molar-refractivity contribution is 0.285. The molecule has 7 nitrogen and oxygen atoms in total. The molecule has 0 saturated carbocycles. The van der Waals surface area contributed by atoms with E-state index in [0.717, 1.165) is 5.56 Å². The Morgan fingerprint density at radius 3 is 2.23 bits per heavy atom. The zero-order valence-corrected chi connectivity index (χ0v) is 14.4. The fraction of sp³-hybridized carbons (Fsp3) is 0.462. The van der Waals surface area contributed by atoms with Crippen LogP contribution in [-0.2, 0) is 11.1 Å². The van der Waals surface area contributed by atoms with Crippen molar-refractivity contribution in [1.29, 1.82) is 0 Å². The molecule has 0 bridgehead atoms. The van der Waals surface area contributed by atoms with E-state index in [0.29, 0.717) is 5.56 Å². The Labute approximate surface area is 130 Å². The van der Waals surface area contributed by atoms with Gasteiger partial charge in [0.1, 0.15) is 19.4 Å². The first-order chi connectivity index (χ1) is 9.87. The smallest absolute Gasteiger partial charge is 0.339 e. The molecule has 1 aromatic rings. The Morgan fingerprint density at radius 2 is 1.77 bits per heavy atom. The van der Waals surface area contributed by atoms with Gasteiger partial charge in [-0.25, -0.2) is 0 Å². The average Bonchev–Trinajstić information content (AvgIpc) is 2.27. The summed E-state index contributed by atoms with van der Waals surface area (Å²) in [7, 11) is -7.87. The highest BCUT2D eigenvalue weighted by atomic mass is 31.2. The normalized spacial score (nSPS) is 13.1. The van der Waals surface area contributed by atoms with E-state index < -0.39 is 21.2 Å². The second-order valence-electron chi connectivity index (χ2n) is 5.70. The van der Waals surface area contributed by atoms with E-state index in [1.54, 1.807) is 12.1 Å². The molecular formula is C13H23NO6P2. The summed E-state index contributed by atoms with van der Waals surface area (Å²) >= 11 is 0. The Morgan fingerprint density at radius 1 is 1.18 bits per heavy atom. The second-order valence-corrected chi connectivity index (χ2v) is 9.35. The second kappa shape index (κ2) is 7.28. The zero-order chi connectivity index (χ0) is 17.1. The Kier molecular flexibility index (Phi) is 6.42. The fourth-order valence-corrected chi connectivity index (χ4v) is 3.78. The predicted octanol–water partition coefficient (Wildman–Crippen LogP) is 1.67. The lowest BCUT2D eigenvalue weighted by atomic mass is 10.00. The van der Waals surface area contributed by atoms with Gasteiger partial charge in [0.2, 0.25) is 0 Å². The molecule has 5 N–H and O–H groups in total. The minimum absolute atomic E-state index is 0.0102. The number of phenols is 1. The van der Waals surface area contributed by atoms with Crippen LogP contribution in [0.2, 0.25) is 0 Å². The fourth-order valence-electron chi connectivity index (χ4n) is 2.06. The van der Waals surface area contributed by atoms with Crippen molar-refractivity contribution in [2.75, 3.05) is 12.6 Å². The lowest BCUT2D eigenvalue weighted by Crippen LogP contribution is -2.26. The molecule has 0 spiro atoms. The van der Waals surface area contributed by atoms with E-state index in [4.69, 9.17) is 9.79 Å². The van der Waals surface area contributed by atoms with E-state index in [9.17, 15) is 19.5 Å². The van der Waals surface area contributed by atoms with E-state index in [1.165, 1.54) is 11.0 Å². The molecule has 0 atom stereocenters. The van der Waals surface area contributed by atoms with E-state index >= 15 is 0 Å². The highest BCUT2D eigenvalue weighted by molar-refractivity contribution is 7.62. The van der Waals surface area contributed by atoms with Gasteiger partial charge in [-0.15, -0.1) is 0 Å². The largest absolute Gasteiger partial charge is 0.508 e. The maximum Gasteiger partial charge on any atom is 0.339 e. The van der Waals surface area contributed by atoms with E-state index in [1.807, 2.05) is 13.8 Å². The minimum Gasteiger partial charge on any atom is -0.508 e. The van der Waals surface area contributed by atoms with Crippen molar-refractivity contribution in [3.63, 3.8) is 0 Å². The Hall–Kier alpha value is -0.650. The van der Waals surface area contributed by atoms with Gasteiger partial charge < -0.3 is 24.7 Å². The standard InChI is InChI=1S/C13H23NO6P2/c1-10(2)11-4-5-13(15)12(6-11)7-14(8-21(3,16)17)9-22(18,19)20/h4-6,10,15-17H,3,7-9H2,1-2H3,(H2,18,19,20). The molecule has 0 saturated heterocycles. The van der Waals surface area contributed by atoms with Crippen LogP contribution in [0.4, 0.5) is 0 Å². The highest BCUT2D eigenvalue weighted by Crippen LogP contribution is 2.41. The molecule has 0 unspecified atom stereocenters. The van der Waals surface area contributed by atoms with Crippen molar-refractivity contribution >= 4 is 21.2 Å². The Balaban J connectivity index is 3.05. The number of benzene rings is 1. The highest BCUT2D eigenvalue weighted by Gasteiger charge is 2.23. The monoisotopic (exact) mass is 351 g/mol. The summed E-state index contributed by atoms with van der Waals surface area (Å²) in [4.78, 5) is 38.4. The van der Waals surface area contributed by atoms with Crippen LogP contribution in [0.1, 0.15) is 30.9 Å². The summed E-state index contributed by atoms with van der Waals surface area (Å²) in [6.45, 7) is 3.95. The Bertz CT molecular complexity index is 583. The molecule has 0 aliphatic heterocycles. The summed E-state index contributed by atoms with van der Waals surface area (Å²) in [5, 5.41) is 9.91. The van der Waals surface area contributed by atoms with Gasteiger partial charge in [0.25, 0.3) is 0 Å². The van der Waals surface area contributed by atoms with Crippen LogP contribution in [0.3, 0.4) is 0 Å². The lowest BCUT2D eigenvalue weighted by Gasteiger charge is -2.26. The van der Waals surface area contributed by atoms with Crippen LogP contribution < -0.4 is 0 Å². The number of phenolic OH excluding ortho intramolecular Hbond substituents is 1. The van der Waals surface area contributed by atoms with Crippen LogP contribution in [0, 0.1) is 0 Å². The van der Waals surface area contributed by atoms with Crippen LogP contribution >= 0.6 is 14.9 Å². The maximum absolute atomic E-state index is 11.2. The van der Waals surface area contributed by atoms with Gasteiger partial charge in [-0.1, -0.05) is 32.3 Å². The van der Waals surface area contributed by atoms with Crippen LogP contribution in [-0.4, -0.2) is 48.5 Å². The molecule has 1 aromatic carbocycles. The molecule has 0 aliphatic carbocycles. The molecule has 22 heavy (non-hydrogen) atoms. The maximum atomic E-state index is 11.2. The summed E-state index contributed by atoms with van der Waals surface area (Å²) in [6, 6.07) is 5.03. The third-order valence-electron chi connectivity index (χ3n) is 2.97. The topological polar surface area (TPSA) is 121 Å². The van der Waals surface area contributed by atoms with Crippen molar-refractivity contribution < 1.29 is 29.2 Å². The van der Waals surface area contributed by atoms with Gasteiger partial charge in [-0.3, -0.25) is 9.46 Å². The zero-order valence-electron chi connectivity index (χ0n) is 12.6. The van der Waals surface area contributed by atoms with Gasteiger partial charge >= 0.3 is 7.60 Å². The third-order valence-corrected chi connectivity index (χ3v) is 4.60. The van der Waals surface area contributed by atoms with Crippen molar-refractivity contribution in [3.05, 3.63) is 29.3 Å². The van der Waals surface area contributed by atoms with Gasteiger partial charge in [-0.2, -0.15) is 0 Å². The molecular weight excluding hydrogens is 328 g/mol. The molecule has 126 valence electrons. The molecule has 9 heteroatoms. The quantitative estimate of drug-likeness (QED) is 0.474. The average molecular weight is 351 g/mol. The molecule has 0 amide bonds. The van der Waals surface area contributed by atoms with Gasteiger partial charge in [0, 0.05) is 12.1 Å². The number of hydrogen-bond acceptors (Lipinski definition) is 5. The number of nitrogens with zero attached hydrogens (tertiary/aromatic N) is 1. The molecule has 1 rings (SSSR count). The first kappa shape index (κ1) is 19.4. The van der Waals surface area contributed by atoms with Crippen molar-refractivity contribution in [2.45, 2.75) is 26.3 Å².